The minimum Gasteiger partial charge on any atom is -0.384 e. The van der Waals surface area contributed by atoms with Crippen molar-refractivity contribution in [3.05, 3.63) is 54.2 Å². The van der Waals surface area contributed by atoms with Crippen molar-refractivity contribution in [3.63, 3.8) is 0 Å². The summed E-state index contributed by atoms with van der Waals surface area (Å²) in [7, 11) is -3.62. The highest BCUT2D eigenvalue weighted by Gasteiger charge is 2.23. The van der Waals surface area contributed by atoms with Gasteiger partial charge in [-0.05, 0) is 36.8 Å². The number of benzene rings is 2. The van der Waals surface area contributed by atoms with E-state index in [2.05, 4.69) is 15.6 Å². The van der Waals surface area contributed by atoms with Crippen LogP contribution in [0.2, 0.25) is 0 Å². The third-order valence-electron chi connectivity index (χ3n) is 5.00. The Morgan fingerprint density at radius 1 is 1.03 bits per heavy atom. The van der Waals surface area contributed by atoms with Crippen molar-refractivity contribution in [1.29, 1.82) is 0 Å². The number of anilines is 2. The van der Waals surface area contributed by atoms with Crippen LogP contribution in [0.1, 0.15) is 26.3 Å². The number of sulfonamides is 1. The number of amides is 1. The Hall–Kier alpha value is -2.84. The molecule has 0 saturated heterocycles. The molecule has 7 nitrogen and oxygen atoms in total. The van der Waals surface area contributed by atoms with Crippen LogP contribution in [-0.2, 0) is 21.2 Å². The summed E-state index contributed by atoms with van der Waals surface area (Å²) in [6.45, 7) is 6.97. The Bertz CT molecular complexity index is 1130. The molecule has 0 unspecified atom stereocenters. The first kappa shape index (κ1) is 21.9. The number of aromatic nitrogens is 1. The molecule has 0 bridgehead atoms. The number of nitrogens with zero attached hydrogens (tertiary/aromatic N) is 1. The lowest BCUT2D eigenvalue weighted by Gasteiger charge is -2.20. The van der Waals surface area contributed by atoms with Crippen molar-refractivity contribution in [2.75, 3.05) is 30.3 Å². The molecule has 0 aliphatic heterocycles. The lowest BCUT2D eigenvalue weighted by Crippen LogP contribution is -2.30. The topological polar surface area (TPSA) is 94.3 Å². The first-order valence-corrected chi connectivity index (χ1v) is 11.6. The molecule has 160 valence electrons. The molecule has 0 radical (unpaired) electrons. The van der Waals surface area contributed by atoms with E-state index in [1.807, 2.05) is 37.4 Å². The molecule has 0 saturated carbocycles. The molecular formula is C22H28N4O3S. The van der Waals surface area contributed by atoms with E-state index in [-0.39, 0.29) is 17.2 Å². The molecule has 3 rings (SSSR count). The van der Waals surface area contributed by atoms with Crippen molar-refractivity contribution < 1.29 is 13.2 Å². The van der Waals surface area contributed by atoms with E-state index < -0.39 is 10.0 Å². The number of rotatable bonds is 9. The molecule has 0 aliphatic rings. The SMILES string of the molecule is CCNc1ccc(S(=O)(=O)N(CC)CC)cc1NC(=O)Cc1c[nH]c2ccccc12. The van der Waals surface area contributed by atoms with Gasteiger partial charge in [-0.15, -0.1) is 0 Å². The average molecular weight is 429 g/mol. The fourth-order valence-corrected chi connectivity index (χ4v) is 4.97. The maximum Gasteiger partial charge on any atom is 0.243 e. The average Bonchev–Trinajstić information content (AvgIpc) is 3.13. The third kappa shape index (κ3) is 4.49. The second-order valence-corrected chi connectivity index (χ2v) is 8.85. The van der Waals surface area contributed by atoms with Gasteiger partial charge < -0.3 is 15.6 Å². The molecule has 8 heteroatoms. The minimum absolute atomic E-state index is 0.162. The van der Waals surface area contributed by atoms with E-state index in [4.69, 9.17) is 0 Å². The number of fused-ring (bicyclic) bond motifs is 1. The molecule has 1 aromatic heterocycles. The number of nitrogens with one attached hydrogen (secondary N) is 3. The van der Waals surface area contributed by atoms with Crippen molar-refractivity contribution in [2.24, 2.45) is 0 Å². The van der Waals surface area contributed by atoms with E-state index in [0.29, 0.717) is 31.0 Å². The van der Waals surface area contributed by atoms with Gasteiger partial charge in [0.25, 0.3) is 0 Å². The lowest BCUT2D eigenvalue weighted by atomic mass is 10.1. The van der Waals surface area contributed by atoms with Crippen molar-refractivity contribution >= 4 is 38.2 Å². The summed E-state index contributed by atoms with van der Waals surface area (Å²) in [6, 6.07) is 12.6. The van der Waals surface area contributed by atoms with Crippen LogP contribution in [-0.4, -0.2) is 43.2 Å². The molecule has 0 fully saturated rings. The van der Waals surface area contributed by atoms with E-state index >= 15 is 0 Å². The number of para-hydroxylation sites is 1. The van der Waals surface area contributed by atoms with E-state index in [1.54, 1.807) is 26.0 Å². The zero-order chi connectivity index (χ0) is 21.7. The number of hydrogen-bond donors (Lipinski definition) is 3. The Labute approximate surface area is 177 Å². The summed E-state index contributed by atoms with van der Waals surface area (Å²) in [4.78, 5) is 16.1. The first-order valence-electron chi connectivity index (χ1n) is 10.1. The van der Waals surface area contributed by atoms with Crippen LogP contribution in [0.4, 0.5) is 11.4 Å². The van der Waals surface area contributed by atoms with Crippen LogP contribution in [0.25, 0.3) is 10.9 Å². The van der Waals surface area contributed by atoms with Gasteiger partial charge in [0.2, 0.25) is 15.9 Å². The van der Waals surface area contributed by atoms with Gasteiger partial charge in [-0.1, -0.05) is 32.0 Å². The summed E-state index contributed by atoms with van der Waals surface area (Å²) >= 11 is 0. The molecule has 3 N–H and O–H groups in total. The van der Waals surface area contributed by atoms with Gasteiger partial charge in [0.15, 0.2) is 0 Å². The Morgan fingerprint density at radius 2 is 1.77 bits per heavy atom. The summed E-state index contributed by atoms with van der Waals surface area (Å²) in [5.41, 5.74) is 3.00. The number of hydrogen-bond acceptors (Lipinski definition) is 4. The zero-order valence-corrected chi connectivity index (χ0v) is 18.3. The monoisotopic (exact) mass is 428 g/mol. The molecule has 1 amide bonds. The Balaban J connectivity index is 1.88. The second-order valence-electron chi connectivity index (χ2n) is 6.91. The minimum atomic E-state index is -3.62. The Kier molecular flexibility index (Phi) is 6.79. The quantitative estimate of drug-likeness (QED) is 0.483. The molecule has 2 aromatic carbocycles. The maximum absolute atomic E-state index is 12.9. The first-order chi connectivity index (χ1) is 14.4. The fraction of sp³-hybridized carbons (Fsp3) is 0.318. The van der Waals surface area contributed by atoms with Crippen LogP contribution in [0.5, 0.6) is 0 Å². The van der Waals surface area contributed by atoms with Gasteiger partial charge in [0.05, 0.1) is 22.7 Å². The summed E-state index contributed by atoms with van der Waals surface area (Å²) in [6.07, 6.45) is 2.01. The van der Waals surface area contributed by atoms with Crippen LogP contribution < -0.4 is 10.6 Å². The van der Waals surface area contributed by atoms with Crippen LogP contribution in [0.15, 0.2) is 53.6 Å². The molecule has 0 spiro atoms. The third-order valence-corrected chi connectivity index (χ3v) is 7.05. The number of H-pyrrole nitrogens is 1. The molecule has 0 aliphatic carbocycles. The maximum atomic E-state index is 12.9. The van der Waals surface area contributed by atoms with Gasteiger partial charge in [-0.25, -0.2) is 8.42 Å². The zero-order valence-electron chi connectivity index (χ0n) is 17.5. The number of aromatic amines is 1. The van der Waals surface area contributed by atoms with E-state index in [9.17, 15) is 13.2 Å². The highest BCUT2D eigenvalue weighted by atomic mass is 32.2. The van der Waals surface area contributed by atoms with E-state index in [0.717, 1.165) is 16.5 Å². The van der Waals surface area contributed by atoms with Crippen molar-refractivity contribution in [2.45, 2.75) is 32.1 Å². The molecule has 1 heterocycles. The highest BCUT2D eigenvalue weighted by Crippen LogP contribution is 2.28. The Morgan fingerprint density at radius 3 is 2.47 bits per heavy atom. The van der Waals surface area contributed by atoms with Crippen molar-refractivity contribution in [1.82, 2.24) is 9.29 Å². The van der Waals surface area contributed by atoms with E-state index in [1.165, 1.54) is 10.4 Å². The van der Waals surface area contributed by atoms with Gasteiger partial charge in [0.1, 0.15) is 0 Å². The number of carbonyl (C=O) groups is 1. The molecular weight excluding hydrogens is 400 g/mol. The highest BCUT2D eigenvalue weighted by molar-refractivity contribution is 7.89. The fourth-order valence-electron chi connectivity index (χ4n) is 3.49. The van der Waals surface area contributed by atoms with Gasteiger partial charge >= 0.3 is 0 Å². The predicted octanol–water partition coefficient (Wildman–Crippen LogP) is 3.81. The number of carbonyl (C=O) groups excluding carboxylic acids is 1. The molecule has 0 atom stereocenters. The molecule has 30 heavy (non-hydrogen) atoms. The van der Waals surface area contributed by atoms with Crippen LogP contribution >= 0.6 is 0 Å². The second kappa shape index (κ2) is 9.32. The van der Waals surface area contributed by atoms with Crippen molar-refractivity contribution in [3.8, 4) is 0 Å². The van der Waals surface area contributed by atoms with Crippen LogP contribution in [0, 0.1) is 0 Å². The summed E-state index contributed by atoms with van der Waals surface area (Å²) in [5, 5.41) is 7.06. The van der Waals surface area contributed by atoms with Gasteiger partial charge in [-0.3, -0.25) is 4.79 Å². The van der Waals surface area contributed by atoms with Crippen LogP contribution in [0.3, 0.4) is 0 Å². The standard InChI is InChI=1S/C22H28N4O3S/c1-4-23-20-12-11-17(30(28,29)26(5-2)6-3)14-21(20)25-22(27)13-16-15-24-19-10-8-7-9-18(16)19/h7-12,14-15,23-24H,4-6,13H2,1-3H3,(H,25,27). The summed E-state index contributed by atoms with van der Waals surface area (Å²) < 4.78 is 27.2. The normalized spacial score (nSPS) is 11.7. The lowest BCUT2D eigenvalue weighted by molar-refractivity contribution is -0.115. The predicted molar refractivity (Wildman–Crippen MR) is 121 cm³/mol. The summed E-state index contributed by atoms with van der Waals surface area (Å²) in [5.74, 6) is -0.212. The molecule has 3 aromatic rings. The smallest absolute Gasteiger partial charge is 0.243 e. The van der Waals surface area contributed by atoms with Gasteiger partial charge in [0, 0.05) is 36.7 Å². The largest absolute Gasteiger partial charge is 0.384 e. The van der Waals surface area contributed by atoms with Gasteiger partial charge in [-0.2, -0.15) is 4.31 Å².